The van der Waals surface area contributed by atoms with Crippen LogP contribution >= 0.6 is 0 Å². The zero-order valence-electron chi connectivity index (χ0n) is 15.0. The normalized spacial score (nSPS) is 17.0. The highest BCUT2D eigenvalue weighted by Gasteiger charge is 2.32. The number of nitrogens with zero attached hydrogens (tertiary/aromatic N) is 3. The van der Waals surface area contributed by atoms with E-state index in [9.17, 15) is 9.59 Å². The second-order valence-electron chi connectivity index (χ2n) is 6.91. The molecule has 26 heavy (non-hydrogen) atoms. The number of hydrogen-bond donors (Lipinski definition) is 0. The second kappa shape index (κ2) is 6.41. The molecule has 0 N–H and O–H groups in total. The molecule has 4 rings (SSSR count). The van der Waals surface area contributed by atoms with Crippen molar-refractivity contribution in [2.75, 3.05) is 6.54 Å². The lowest BCUT2D eigenvalue weighted by atomic mass is 10.1. The van der Waals surface area contributed by atoms with Crippen molar-refractivity contribution >= 4 is 16.8 Å². The maximum atomic E-state index is 13.2. The number of hydrogen-bond acceptors (Lipinski definition) is 3. The van der Waals surface area contributed by atoms with Crippen LogP contribution in [0, 0.1) is 6.92 Å². The second-order valence-corrected chi connectivity index (χ2v) is 6.91. The Morgan fingerprint density at radius 1 is 1.23 bits per heavy atom. The van der Waals surface area contributed by atoms with Crippen LogP contribution in [-0.2, 0) is 7.05 Å². The first-order valence-electron chi connectivity index (χ1n) is 8.88. The number of rotatable bonds is 2. The van der Waals surface area contributed by atoms with Crippen molar-refractivity contribution in [3.05, 3.63) is 75.8 Å². The smallest absolute Gasteiger partial charge is 0.259 e. The van der Waals surface area contributed by atoms with Crippen molar-refractivity contribution in [1.82, 2.24) is 14.5 Å². The molecule has 132 valence electrons. The van der Waals surface area contributed by atoms with E-state index in [0.29, 0.717) is 11.9 Å². The van der Waals surface area contributed by atoms with Crippen LogP contribution < -0.4 is 5.43 Å². The summed E-state index contributed by atoms with van der Waals surface area (Å²) >= 11 is 0. The maximum absolute atomic E-state index is 13.2. The molecule has 0 unspecified atom stereocenters. The van der Waals surface area contributed by atoms with Gasteiger partial charge in [0, 0.05) is 31.4 Å². The molecule has 1 saturated heterocycles. The number of fused-ring (bicyclic) bond motifs is 1. The number of likely N-dealkylation sites (tertiary alicyclic amines) is 1. The maximum Gasteiger partial charge on any atom is 0.259 e. The molecule has 1 amide bonds. The molecule has 5 heteroatoms. The molecule has 3 heterocycles. The predicted molar refractivity (Wildman–Crippen MR) is 101 cm³/mol. The molecule has 0 spiro atoms. The Hall–Kier alpha value is -2.95. The predicted octanol–water partition coefficient (Wildman–Crippen LogP) is 3.22. The average molecular weight is 347 g/mol. The first kappa shape index (κ1) is 16.5. The van der Waals surface area contributed by atoms with Crippen molar-refractivity contribution in [3.8, 4) is 0 Å². The van der Waals surface area contributed by atoms with Crippen molar-refractivity contribution in [1.29, 1.82) is 0 Å². The highest BCUT2D eigenvalue weighted by molar-refractivity contribution is 5.97. The van der Waals surface area contributed by atoms with Gasteiger partial charge in [0.15, 0.2) is 0 Å². The van der Waals surface area contributed by atoms with Crippen molar-refractivity contribution in [3.63, 3.8) is 0 Å². The number of benzene rings is 1. The highest BCUT2D eigenvalue weighted by Crippen LogP contribution is 2.31. The van der Waals surface area contributed by atoms with E-state index in [2.05, 4.69) is 4.98 Å². The summed E-state index contributed by atoms with van der Waals surface area (Å²) in [5, 5.41) is 0.590. The fourth-order valence-corrected chi connectivity index (χ4v) is 3.80. The molecule has 0 bridgehead atoms. The van der Waals surface area contributed by atoms with Gasteiger partial charge < -0.3 is 9.47 Å². The monoisotopic (exact) mass is 347 g/mol. The number of carbonyl (C=O) groups is 1. The summed E-state index contributed by atoms with van der Waals surface area (Å²) in [6.45, 7) is 2.60. The van der Waals surface area contributed by atoms with Crippen LogP contribution in [0.3, 0.4) is 0 Å². The summed E-state index contributed by atoms with van der Waals surface area (Å²) in [5.74, 6) is -0.206. The molecule has 5 nitrogen and oxygen atoms in total. The lowest BCUT2D eigenvalue weighted by Crippen LogP contribution is -2.34. The third-order valence-electron chi connectivity index (χ3n) is 5.12. The fraction of sp³-hybridized carbons (Fsp3) is 0.286. The molecule has 0 radical (unpaired) electrons. The molecule has 0 saturated carbocycles. The lowest BCUT2D eigenvalue weighted by molar-refractivity contribution is 0.0731. The minimum absolute atomic E-state index is 0.0680. The molecular weight excluding hydrogens is 326 g/mol. The largest absolute Gasteiger partial charge is 0.350 e. The van der Waals surface area contributed by atoms with Gasteiger partial charge in [0.05, 0.1) is 17.3 Å². The average Bonchev–Trinajstić information content (AvgIpc) is 3.14. The molecule has 1 aromatic carbocycles. The first-order chi connectivity index (χ1) is 12.6. The van der Waals surface area contributed by atoms with Crippen LogP contribution in [0.25, 0.3) is 10.9 Å². The van der Waals surface area contributed by atoms with E-state index >= 15 is 0 Å². The minimum Gasteiger partial charge on any atom is -0.350 e. The van der Waals surface area contributed by atoms with E-state index in [1.165, 1.54) is 0 Å². The Labute approximate surface area is 151 Å². The summed E-state index contributed by atoms with van der Waals surface area (Å²) in [6.07, 6.45) is 5.19. The fourth-order valence-electron chi connectivity index (χ4n) is 3.80. The number of pyridine rings is 2. The molecule has 1 aliphatic rings. The van der Waals surface area contributed by atoms with Gasteiger partial charge in [-0.3, -0.25) is 14.6 Å². The molecule has 0 aliphatic carbocycles. The van der Waals surface area contributed by atoms with Crippen LogP contribution in [0.15, 0.2) is 53.6 Å². The van der Waals surface area contributed by atoms with Crippen LogP contribution in [0.1, 0.15) is 40.5 Å². The summed E-state index contributed by atoms with van der Waals surface area (Å²) in [5.41, 5.74) is 2.75. The number of aromatic nitrogens is 2. The minimum atomic E-state index is -0.206. The zero-order valence-corrected chi connectivity index (χ0v) is 15.0. The van der Waals surface area contributed by atoms with Gasteiger partial charge in [-0.2, -0.15) is 0 Å². The van der Waals surface area contributed by atoms with Crippen LogP contribution in [0.5, 0.6) is 0 Å². The standard InChI is InChI=1S/C21H21N3O2/c1-14-8-9-18-15(12-14)20(25)16(13-23(18)2)21(26)24-11-5-7-19(24)17-6-3-4-10-22-17/h3-4,6,8-10,12-13,19H,5,7,11H2,1-2H3/t19-/m1/s1. The van der Waals surface area contributed by atoms with Gasteiger partial charge in [-0.05, 0) is 44.0 Å². The van der Waals surface area contributed by atoms with Crippen LogP contribution in [0.2, 0.25) is 0 Å². The third kappa shape index (κ3) is 2.69. The SMILES string of the molecule is Cc1ccc2c(c1)c(=O)c(C(=O)N1CCC[C@@H]1c1ccccn1)cn2C. The van der Waals surface area contributed by atoms with Gasteiger partial charge in [-0.25, -0.2) is 0 Å². The summed E-state index contributed by atoms with van der Waals surface area (Å²) in [6, 6.07) is 11.4. The molecule has 1 aliphatic heterocycles. The zero-order chi connectivity index (χ0) is 18.3. The molecule has 2 aromatic heterocycles. The van der Waals surface area contributed by atoms with Crippen molar-refractivity contribution in [2.45, 2.75) is 25.8 Å². The van der Waals surface area contributed by atoms with E-state index in [1.807, 2.05) is 54.9 Å². The van der Waals surface area contributed by atoms with Crippen molar-refractivity contribution < 1.29 is 4.79 Å². The van der Waals surface area contributed by atoms with Gasteiger partial charge in [-0.1, -0.05) is 17.7 Å². The van der Waals surface area contributed by atoms with E-state index in [1.54, 1.807) is 17.3 Å². The Bertz CT molecular complexity index is 1040. The van der Waals surface area contributed by atoms with Crippen LogP contribution in [-0.4, -0.2) is 26.9 Å². The number of carbonyl (C=O) groups excluding carboxylic acids is 1. The Balaban J connectivity index is 1.79. The first-order valence-corrected chi connectivity index (χ1v) is 8.88. The van der Waals surface area contributed by atoms with Gasteiger partial charge >= 0.3 is 0 Å². The van der Waals surface area contributed by atoms with Gasteiger partial charge in [-0.15, -0.1) is 0 Å². The Kier molecular flexibility index (Phi) is 4.07. The van der Waals surface area contributed by atoms with E-state index in [-0.39, 0.29) is 22.9 Å². The third-order valence-corrected chi connectivity index (χ3v) is 5.12. The molecule has 3 aromatic rings. The quantitative estimate of drug-likeness (QED) is 0.715. The number of aryl methyl sites for hydroxylation is 2. The summed E-state index contributed by atoms with van der Waals surface area (Å²) < 4.78 is 1.86. The van der Waals surface area contributed by atoms with Crippen molar-refractivity contribution in [2.24, 2.45) is 7.05 Å². The molecule has 1 fully saturated rings. The Morgan fingerprint density at radius 2 is 2.08 bits per heavy atom. The molecule has 1 atom stereocenters. The topological polar surface area (TPSA) is 55.2 Å². The lowest BCUT2D eigenvalue weighted by Gasteiger charge is -2.24. The van der Waals surface area contributed by atoms with Crippen LogP contribution in [0.4, 0.5) is 0 Å². The summed E-state index contributed by atoms with van der Waals surface area (Å²) in [7, 11) is 1.87. The number of amides is 1. The Morgan fingerprint density at radius 3 is 2.85 bits per heavy atom. The van der Waals surface area contributed by atoms with Gasteiger partial charge in [0.1, 0.15) is 5.56 Å². The van der Waals surface area contributed by atoms with E-state index < -0.39 is 0 Å². The van der Waals surface area contributed by atoms with Gasteiger partial charge in [0.25, 0.3) is 5.91 Å². The van der Waals surface area contributed by atoms with Gasteiger partial charge in [0.2, 0.25) is 5.43 Å². The van der Waals surface area contributed by atoms with E-state index in [0.717, 1.165) is 29.6 Å². The van der Waals surface area contributed by atoms with E-state index in [4.69, 9.17) is 0 Å². The summed E-state index contributed by atoms with van der Waals surface area (Å²) in [4.78, 5) is 32.4. The molecular formula is C21H21N3O2. The highest BCUT2D eigenvalue weighted by atomic mass is 16.2.